The number of nitrogens with two attached hydrogens (primary N) is 1. The van der Waals surface area contributed by atoms with Crippen LogP contribution in [0.5, 0.6) is 0 Å². The Morgan fingerprint density at radius 2 is 1.92 bits per heavy atom. The van der Waals surface area contributed by atoms with Crippen molar-refractivity contribution in [3.8, 4) is 0 Å². The third kappa shape index (κ3) is 2.84. The van der Waals surface area contributed by atoms with Crippen LogP contribution in [0.25, 0.3) is 0 Å². The van der Waals surface area contributed by atoms with Crippen molar-refractivity contribution >= 4 is 11.6 Å². The van der Waals surface area contributed by atoms with Crippen molar-refractivity contribution in [2.75, 3.05) is 6.54 Å². The van der Waals surface area contributed by atoms with E-state index in [1.54, 1.807) is 0 Å². The van der Waals surface area contributed by atoms with Gasteiger partial charge < -0.3 is 5.73 Å². The minimum atomic E-state index is 0.120. The van der Waals surface area contributed by atoms with Gasteiger partial charge in [-0.3, -0.25) is 0 Å². The van der Waals surface area contributed by atoms with Crippen molar-refractivity contribution in [3.05, 3.63) is 35.9 Å². The molecule has 0 amide bonds. The highest BCUT2D eigenvalue weighted by Crippen LogP contribution is 2.24. The van der Waals surface area contributed by atoms with Gasteiger partial charge in [0.2, 0.25) is 0 Å². The van der Waals surface area contributed by atoms with Gasteiger partial charge in [-0.25, -0.2) is 0 Å². The molecule has 2 heteroatoms. The second-order valence-corrected chi connectivity index (χ2v) is 3.34. The number of alkyl halides is 1. The Labute approximate surface area is 78.5 Å². The van der Waals surface area contributed by atoms with Gasteiger partial charge in [0, 0.05) is 0 Å². The van der Waals surface area contributed by atoms with Crippen LogP contribution in [0.15, 0.2) is 30.3 Å². The van der Waals surface area contributed by atoms with E-state index < -0.39 is 0 Å². The molecule has 0 bridgehead atoms. The zero-order valence-corrected chi connectivity index (χ0v) is 7.80. The number of benzene rings is 1. The third-order valence-electron chi connectivity index (χ3n) is 1.82. The minimum Gasteiger partial charge on any atom is -0.330 e. The molecular weight excluding hydrogens is 170 g/mol. The Kier molecular flexibility index (Phi) is 4.12. The SMILES string of the molecule is NCCCC(Cl)c1ccccc1. The molecular formula is C10H14ClN. The van der Waals surface area contributed by atoms with E-state index in [0.717, 1.165) is 19.4 Å². The molecule has 1 aromatic carbocycles. The molecule has 12 heavy (non-hydrogen) atoms. The van der Waals surface area contributed by atoms with Gasteiger partial charge in [0.25, 0.3) is 0 Å². The van der Waals surface area contributed by atoms with Gasteiger partial charge in [0.1, 0.15) is 0 Å². The van der Waals surface area contributed by atoms with Crippen LogP contribution in [-0.2, 0) is 0 Å². The van der Waals surface area contributed by atoms with E-state index in [-0.39, 0.29) is 5.38 Å². The Balaban J connectivity index is 2.48. The summed E-state index contributed by atoms with van der Waals surface area (Å²) in [6.45, 7) is 0.718. The van der Waals surface area contributed by atoms with Crippen LogP contribution in [0.2, 0.25) is 0 Å². The fourth-order valence-corrected chi connectivity index (χ4v) is 1.43. The standard InChI is InChI=1S/C10H14ClN/c11-10(7-4-8-12)9-5-2-1-3-6-9/h1-3,5-6,10H,4,7-8,12H2. The van der Waals surface area contributed by atoms with Gasteiger partial charge in [-0.1, -0.05) is 30.3 Å². The summed E-state index contributed by atoms with van der Waals surface area (Å²) in [6.07, 6.45) is 1.95. The zero-order valence-electron chi connectivity index (χ0n) is 7.04. The topological polar surface area (TPSA) is 26.0 Å². The highest BCUT2D eigenvalue weighted by Gasteiger charge is 2.04. The molecule has 0 saturated heterocycles. The molecule has 0 aliphatic heterocycles. The van der Waals surface area contributed by atoms with Crippen molar-refractivity contribution in [3.63, 3.8) is 0 Å². The number of rotatable bonds is 4. The molecule has 0 aliphatic rings. The second-order valence-electron chi connectivity index (χ2n) is 2.81. The lowest BCUT2D eigenvalue weighted by atomic mass is 10.1. The predicted molar refractivity (Wildman–Crippen MR) is 53.3 cm³/mol. The molecule has 66 valence electrons. The molecule has 0 saturated carbocycles. The number of halogens is 1. The van der Waals surface area contributed by atoms with Crippen molar-refractivity contribution in [2.45, 2.75) is 18.2 Å². The van der Waals surface area contributed by atoms with Crippen molar-refractivity contribution in [1.82, 2.24) is 0 Å². The number of hydrogen-bond donors (Lipinski definition) is 1. The third-order valence-corrected chi connectivity index (χ3v) is 2.29. The fourth-order valence-electron chi connectivity index (χ4n) is 1.13. The molecule has 0 heterocycles. The lowest BCUT2D eigenvalue weighted by molar-refractivity contribution is 0.726. The molecule has 0 aromatic heterocycles. The molecule has 1 unspecified atom stereocenters. The van der Waals surface area contributed by atoms with Crippen LogP contribution in [0.1, 0.15) is 23.8 Å². The average Bonchev–Trinajstić information content (AvgIpc) is 2.15. The zero-order chi connectivity index (χ0) is 8.81. The first-order valence-corrected chi connectivity index (χ1v) is 4.67. The molecule has 0 radical (unpaired) electrons. The largest absolute Gasteiger partial charge is 0.330 e. The van der Waals surface area contributed by atoms with Crippen LogP contribution in [-0.4, -0.2) is 6.54 Å². The first-order valence-electron chi connectivity index (χ1n) is 4.23. The summed E-state index contributed by atoms with van der Waals surface area (Å²) in [5.74, 6) is 0. The lowest BCUT2D eigenvalue weighted by Crippen LogP contribution is -2.00. The second kappa shape index (κ2) is 5.18. The van der Waals surface area contributed by atoms with Gasteiger partial charge in [-0.15, -0.1) is 11.6 Å². The van der Waals surface area contributed by atoms with E-state index in [4.69, 9.17) is 17.3 Å². The van der Waals surface area contributed by atoms with Gasteiger partial charge in [0.05, 0.1) is 5.38 Å². The van der Waals surface area contributed by atoms with Crippen LogP contribution < -0.4 is 5.73 Å². The van der Waals surface area contributed by atoms with E-state index >= 15 is 0 Å². The highest BCUT2D eigenvalue weighted by atomic mass is 35.5. The summed E-state index contributed by atoms with van der Waals surface area (Å²) in [4.78, 5) is 0. The predicted octanol–water partition coefficient (Wildman–Crippen LogP) is 2.71. The van der Waals surface area contributed by atoms with E-state index in [2.05, 4.69) is 0 Å². The Morgan fingerprint density at radius 3 is 2.50 bits per heavy atom. The fraction of sp³-hybridized carbons (Fsp3) is 0.400. The monoisotopic (exact) mass is 183 g/mol. The van der Waals surface area contributed by atoms with Crippen LogP contribution >= 0.6 is 11.6 Å². The average molecular weight is 184 g/mol. The van der Waals surface area contributed by atoms with Crippen molar-refractivity contribution < 1.29 is 0 Å². The summed E-state index contributed by atoms with van der Waals surface area (Å²) < 4.78 is 0. The molecule has 1 nitrogen and oxygen atoms in total. The van der Waals surface area contributed by atoms with Gasteiger partial charge in [-0.05, 0) is 24.9 Å². The smallest absolute Gasteiger partial charge is 0.0585 e. The molecule has 0 spiro atoms. The maximum absolute atomic E-state index is 6.13. The molecule has 1 aromatic rings. The summed E-state index contributed by atoms with van der Waals surface area (Å²) in [5.41, 5.74) is 6.58. The molecule has 2 N–H and O–H groups in total. The molecule has 0 aliphatic carbocycles. The van der Waals surface area contributed by atoms with Crippen LogP contribution in [0.4, 0.5) is 0 Å². The quantitative estimate of drug-likeness (QED) is 0.714. The normalized spacial score (nSPS) is 12.8. The summed E-state index contributed by atoms with van der Waals surface area (Å²) in [7, 11) is 0. The first kappa shape index (κ1) is 9.56. The van der Waals surface area contributed by atoms with Gasteiger partial charge >= 0.3 is 0 Å². The van der Waals surface area contributed by atoms with Gasteiger partial charge in [-0.2, -0.15) is 0 Å². The molecule has 1 atom stereocenters. The van der Waals surface area contributed by atoms with Crippen LogP contribution in [0, 0.1) is 0 Å². The maximum Gasteiger partial charge on any atom is 0.0585 e. The Bertz CT molecular complexity index is 210. The van der Waals surface area contributed by atoms with Crippen LogP contribution in [0.3, 0.4) is 0 Å². The van der Waals surface area contributed by atoms with E-state index in [9.17, 15) is 0 Å². The first-order chi connectivity index (χ1) is 5.84. The van der Waals surface area contributed by atoms with E-state index in [1.165, 1.54) is 5.56 Å². The Hall–Kier alpha value is -0.530. The van der Waals surface area contributed by atoms with Crippen molar-refractivity contribution in [2.24, 2.45) is 5.73 Å². The summed E-state index contributed by atoms with van der Waals surface area (Å²) in [6, 6.07) is 10.1. The highest BCUT2D eigenvalue weighted by molar-refractivity contribution is 6.20. The van der Waals surface area contributed by atoms with Crippen molar-refractivity contribution in [1.29, 1.82) is 0 Å². The van der Waals surface area contributed by atoms with E-state index in [0.29, 0.717) is 0 Å². The maximum atomic E-state index is 6.13. The Morgan fingerprint density at radius 1 is 1.25 bits per heavy atom. The number of hydrogen-bond acceptors (Lipinski definition) is 1. The lowest BCUT2D eigenvalue weighted by Gasteiger charge is -2.07. The summed E-state index contributed by atoms with van der Waals surface area (Å²) in [5, 5.41) is 0.120. The van der Waals surface area contributed by atoms with Gasteiger partial charge in [0.15, 0.2) is 0 Å². The van der Waals surface area contributed by atoms with E-state index in [1.807, 2.05) is 30.3 Å². The molecule has 0 fully saturated rings. The minimum absolute atomic E-state index is 0.120. The summed E-state index contributed by atoms with van der Waals surface area (Å²) >= 11 is 6.13. The molecule has 1 rings (SSSR count).